The van der Waals surface area contributed by atoms with Crippen molar-refractivity contribution in [2.45, 2.75) is 0 Å². The fourth-order valence-electron chi connectivity index (χ4n) is 1.03. The van der Waals surface area contributed by atoms with E-state index in [2.05, 4.69) is 31.3 Å². The van der Waals surface area contributed by atoms with E-state index in [0.29, 0.717) is 15.5 Å². The van der Waals surface area contributed by atoms with Gasteiger partial charge in [0.15, 0.2) is 0 Å². The van der Waals surface area contributed by atoms with Crippen LogP contribution in [0.5, 0.6) is 0 Å². The summed E-state index contributed by atoms with van der Waals surface area (Å²) in [5.74, 6) is -0.989. The second-order valence-corrected chi connectivity index (χ2v) is 3.30. The highest BCUT2D eigenvalue weighted by Gasteiger charge is 2.10. The van der Waals surface area contributed by atoms with E-state index in [1.54, 1.807) is 6.07 Å². The van der Waals surface area contributed by atoms with E-state index in [4.69, 9.17) is 5.11 Å². The van der Waals surface area contributed by atoms with Gasteiger partial charge >= 0.3 is 5.97 Å². The lowest BCUT2D eigenvalue weighted by molar-refractivity contribution is 0.0696. The van der Waals surface area contributed by atoms with Gasteiger partial charge in [0.2, 0.25) is 0 Å². The van der Waals surface area contributed by atoms with E-state index in [-0.39, 0.29) is 5.56 Å². The van der Waals surface area contributed by atoms with Crippen molar-refractivity contribution in [1.82, 2.24) is 15.4 Å². The highest BCUT2D eigenvalue weighted by Crippen LogP contribution is 2.21. The van der Waals surface area contributed by atoms with Crippen LogP contribution in [-0.2, 0) is 0 Å². The fourth-order valence-corrected chi connectivity index (χ4v) is 1.53. The third-order valence-electron chi connectivity index (χ3n) is 1.64. The Morgan fingerprint density at radius 1 is 1.38 bits per heavy atom. The zero-order valence-electron chi connectivity index (χ0n) is 6.28. The highest BCUT2D eigenvalue weighted by molar-refractivity contribution is 9.10. The molecular weight excluding hydrogens is 238 g/mol. The van der Waals surface area contributed by atoms with Crippen LogP contribution in [-0.4, -0.2) is 26.5 Å². The number of nitrogens with zero attached hydrogens (tertiary/aromatic N) is 2. The molecule has 0 aliphatic heterocycles. The van der Waals surface area contributed by atoms with E-state index in [9.17, 15) is 4.79 Å². The predicted molar refractivity (Wildman–Crippen MR) is 48.5 cm³/mol. The molecule has 0 unspecified atom stereocenters. The van der Waals surface area contributed by atoms with Gasteiger partial charge in [-0.15, -0.1) is 0 Å². The number of fused-ring (bicyclic) bond motifs is 1. The number of aromatic carboxylic acids is 1. The van der Waals surface area contributed by atoms with Crippen LogP contribution in [0.2, 0.25) is 0 Å². The van der Waals surface area contributed by atoms with Crippen LogP contribution in [0.1, 0.15) is 10.4 Å². The molecule has 0 bridgehead atoms. The van der Waals surface area contributed by atoms with Gasteiger partial charge in [-0.3, -0.25) is 0 Å². The van der Waals surface area contributed by atoms with Crippen molar-refractivity contribution < 1.29 is 9.90 Å². The Labute approximate surface area is 80.9 Å². The monoisotopic (exact) mass is 241 g/mol. The first kappa shape index (κ1) is 8.18. The van der Waals surface area contributed by atoms with Crippen molar-refractivity contribution in [3.8, 4) is 0 Å². The van der Waals surface area contributed by atoms with Gasteiger partial charge in [0, 0.05) is 4.47 Å². The lowest BCUT2D eigenvalue weighted by atomic mass is 10.2. The summed E-state index contributed by atoms with van der Waals surface area (Å²) in [6.07, 6.45) is 0. The van der Waals surface area contributed by atoms with Gasteiger partial charge in [-0.25, -0.2) is 4.79 Å². The Bertz CT molecular complexity index is 480. The summed E-state index contributed by atoms with van der Waals surface area (Å²) in [6, 6.07) is 3.08. The van der Waals surface area contributed by atoms with Crippen molar-refractivity contribution in [3.63, 3.8) is 0 Å². The molecule has 6 heteroatoms. The predicted octanol–water partition coefficient (Wildman–Crippen LogP) is 1.42. The summed E-state index contributed by atoms with van der Waals surface area (Å²) in [4.78, 5) is 10.7. The zero-order chi connectivity index (χ0) is 9.42. The Kier molecular flexibility index (Phi) is 1.77. The maximum atomic E-state index is 10.7. The minimum atomic E-state index is -0.989. The second-order valence-electron chi connectivity index (χ2n) is 2.45. The number of aromatic amines is 1. The normalized spacial score (nSPS) is 10.5. The average Bonchev–Trinajstić information content (AvgIpc) is 2.48. The van der Waals surface area contributed by atoms with Crippen molar-refractivity contribution in [1.29, 1.82) is 0 Å². The standard InChI is InChI=1S/C7H4BrN3O2/c8-4-2-6-5(9-11-10-6)1-3(4)7(12)13/h1-2H,(H,12,13)(H,9,10,11). The van der Waals surface area contributed by atoms with E-state index >= 15 is 0 Å². The summed E-state index contributed by atoms with van der Waals surface area (Å²) in [5.41, 5.74) is 1.36. The van der Waals surface area contributed by atoms with Crippen molar-refractivity contribution >= 4 is 32.9 Å². The molecule has 0 aliphatic rings. The number of aromatic nitrogens is 3. The summed E-state index contributed by atoms with van der Waals surface area (Å²) < 4.78 is 0.501. The number of H-pyrrole nitrogens is 1. The average molecular weight is 242 g/mol. The number of carbonyl (C=O) groups is 1. The zero-order valence-corrected chi connectivity index (χ0v) is 7.87. The molecule has 2 N–H and O–H groups in total. The molecule has 1 heterocycles. The Morgan fingerprint density at radius 3 is 2.62 bits per heavy atom. The van der Waals surface area contributed by atoms with Crippen molar-refractivity contribution in [3.05, 3.63) is 22.2 Å². The number of benzene rings is 1. The molecule has 0 radical (unpaired) electrons. The van der Waals surface area contributed by atoms with Gasteiger partial charge in [0.05, 0.1) is 5.56 Å². The van der Waals surface area contributed by atoms with Crippen LogP contribution in [0.4, 0.5) is 0 Å². The molecule has 13 heavy (non-hydrogen) atoms. The van der Waals surface area contributed by atoms with Gasteiger partial charge in [-0.05, 0) is 28.1 Å². The first-order valence-corrected chi connectivity index (χ1v) is 4.21. The minimum Gasteiger partial charge on any atom is -0.478 e. The SMILES string of the molecule is O=C(O)c1cc2n[nH]nc2cc1Br. The third kappa shape index (κ3) is 1.29. The summed E-state index contributed by atoms with van der Waals surface area (Å²) in [5, 5.41) is 18.8. The molecule has 0 saturated heterocycles. The molecule has 1 aromatic heterocycles. The first-order chi connectivity index (χ1) is 6.18. The van der Waals surface area contributed by atoms with Crippen LogP contribution < -0.4 is 0 Å². The molecule has 0 atom stereocenters. The topological polar surface area (TPSA) is 78.9 Å². The van der Waals surface area contributed by atoms with Crippen LogP contribution in [0.15, 0.2) is 16.6 Å². The molecule has 2 aromatic rings. The highest BCUT2D eigenvalue weighted by atomic mass is 79.9. The molecule has 66 valence electrons. The smallest absolute Gasteiger partial charge is 0.336 e. The van der Waals surface area contributed by atoms with Gasteiger partial charge in [0.1, 0.15) is 11.0 Å². The quantitative estimate of drug-likeness (QED) is 0.792. The number of nitrogens with one attached hydrogen (secondary N) is 1. The third-order valence-corrected chi connectivity index (χ3v) is 2.29. The number of carboxylic acid groups (broad SMARTS) is 1. The molecule has 2 rings (SSSR count). The minimum absolute atomic E-state index is 0.182. The lowest BCUT2D eigenvalue weighted by Gasteiger charge is -1.96. The number of hydrogen-bond donors (Lipinski definition) is 2. The molecule has 0 fully saturated rings. The van der Waals surface area contributed by atoms with Crippen LogP contribution in [0.25, 0.3) is 11.0 Å². The van der Waals surface area contributed by atoms with Gasteiger partial charge < -0.3 is 5.11 Å². The number of halogens is 1. The molecule has 0 spiro atoms. The van der Waals surface area contributed by atoms with E-state index < -0.39 is 5.97 Å². The van der Waals surface area contributed by atoms with Crippen molar-refractivity contribution in [2.24, 2.45) is 0 Å². The molecule has 0 saturated carbocycles. The van der Waals surface area contributed by atoms with Crippen molar-refractivity contribution in [2.75, 3.05) is 0 Å². The summed E-state index contributed by atoms with van der Waals surface area (Å²) in [6.45, 7) is 0. The van der Waals surface area contributed by atoms with E-state index in [0.717, 1.165) is 0 Å². The molecule has 0 aliphatic carbocycles. The Balaban J connectivity index is 2.76. The number of rotatable bonds is 1. The van der Waals surface area contributed by atoms with E-state index in [1.165, 1.54) is 6.07 Å². The maximum Gasteiger partial charge on any atom is 0.336 e. The van der Waals surface area contributed by atoms with Crippen LogP contribution in [0.3, 0.4) is 0 Å². The number of carboxylic acids is 1. The van der Waals surface area contributed by atoms with Crippen LogP contribution >= 0.6 is 15.9 Å². The first-order valence-electron chi connectivity index (χ1n) is 3.42. The maximum absolute atomic E-state index is 10.7. The van der Waals surface area contributed by atoms with E-state index in [1.807, 2.05) is 0 Å². The molecule has 5 nitrogen and oxygen atoms in total. The van der Waals surface area contributed by atoms with Crippen LogP contribution in [0, 0.1) is 0 Å². The Hall–Kier alpha value is -1.43. The molecule has 0 amide bonds. The summed E-state index contributed by atoms with van der Waals surface area (Å²) in [7, 11) is 0. The second kappa shape index (κ2) is 2.81. The summed E-state index contributed by atoms with van der Waals surface area (Å²) >= 11 is 3.14. The lowest BCUT2D eigenvalue weighted by Crippen LogP contribution is -1.97. The molecule has 1 aromatic carbocycles. The number of hydrogen-bond acceptors (Lipinski definition) is 3. The van der Waals surface area contributed by atoms with Gasteiger partial charge in [-0.2, -0.15) is 15.4 Å². The van der Waals surface area contributed by atoms with Gasteiger partial charge in [0.25, 0.3) is 0 Å². The van der Waals surface area contributed by atoms with Gasteiger partial charge in [-0.1, -0.05) is 0 Å². The Morgan fingerprint density at radius 2 is 2.00 bits per heavy atom. The molecular formula is C7H4BrN3O2. The largest absolute Gasteiger partial charge is 0.478 e. The fraction of sp³-hybridized carbons (Fsp3) is 0.